The summed E-state index contributed by atoms with van der Waals surface area (Å²) in [6.07, 6.45) is 0.318. The van der Waals surface area contributed by atoms with Crippen LogP contribution in [0.3, 0.4) is 0 Å². The van der Waals surface area contributed by atoms with E-state index in [4.69, 9.17) is 4.74 Å². The number of carbonyl (C=O) groups excluding carboxylic acids is 2. The molecule has 0 radical (unpaired) electrons. The molecule has 0 unspecified atom stereocenters. The summed E-state index contributed by atoms with van der Waals surface area (Å²) in [5.74, 6) is 0.814. The van der Waals surface area contributed by atoms with Crippen LogP contribution in [0.5, 0.6) is 5.75 Å². The minimum atomic E-state index is -0.107. The van der Waals surface area contributed by atoms with E-state index in [1.54, 1.807) is 23.8 Å². The lowest BCUT2D eigenvalue weighted by Crippen LogP contribution is -2.34. The first-order chi connectivity index (χ1) is 10.6. The van der Waals surface area contributed by atoms with Crippen LogP contribution in [0.4, 0.5) is 0 Å². The summed E-state index contributed by atoms with van der Waals surface area (Å²) in [7, 11) is 1.63. The van der Waals surface area contributed by atoms with Crippen LogP contribution in [-0.4, -0.2) is 42.2 Å². The summed E-state index contributed by atoms with van der Waals surface area (Å²) in [6, 6.07) is 7.71. The zero-order chi connectivity index (χ0) is 16.1. The minimum absolute atomic E-state index is 0.0290. The summed E-state index contributed by atoms with van der Waals surface area (Å²) in [4.78, 5) is 25.8. The van der Waals surface area contributed by atoms with Gasteiger partial charge in [0.1, 0.15) is 11.1 Å². The minimum Gasteiger partial charge on any atom is -0.496 e. The molecule has 0 saturated carbocycles. The van der Waals surface area contributed by atoms with Crippen LogP contribution in [-0.2, 0) is 9.59 Å². The second kappa shape index (κ2) is 7.54. The van der Waals surface area contributed by atoms with E-state index in [1.807, 2.05) is 38.1 Å². The highest BCUT2D eigenvalue weighted by Gasteiger charge is 2.39. The van der Waals surface area contributed by atoms with Gasteiger partial charge < -0.3 is 15.0 Å². The molecule has 120 valence electrons. The molecular formula is C16H22N2O3S. The van der Waals surface area contributed by atoms with Gasteiger partial charge in [-0.3, -0.25) is 9.59 Å². The van der Waals surface area contributed by atoms with Gasteiger partial charge in [0.15, 0.2) is 0 Å². The number of nitrogens with one attached hydrogen (secondary N) is 1. The van der Waals surface area contributed by atoms with Crippen molar-refractivity contribution in [2.75, 3.05) is 20.2 Å². The summed E-state index contributed by atoms with van der Waals surface area (Å²) < 4.78 is 5.41. The monoisotopic (exact) mass is 322 g/mol. The zero-order valence-electron chi connectivity index (χ0n) is 13.2. The van der Waals surface area contributed by atoms with E-state index in [9.17, 15) is 9.59 Å². The fourth-order valence-corrected chi connectivity index (χ4v) is 3.86. The van der Waals surface area contributed by atoms with Gasteiger partial charge in [-0.25, -0.2) is 0 Å². The number of methoxy groups -OCH3 is 1. The predicted octanol–water partition coefficient (Wildman–Crippen LogP) is 2.18. The number of ether oxygens (including phenoxy) is 1. The van der Waals surface area contributed by atoms with E-state index < -0.39 is 0 Å². The van der Waals surface area contributed by atoms with Gasteiger partial charge in [0.2, 0.25) is 11.8 Å². The van der Waals surface area contributed by atoms with Gasteiger partial charge in [0, 0.05) is 25.1 Å². The van der Waals surface area contributed by atoms with Crippen LogP contribution in [0, 0.1) is 0 Å². The molecule has 2 atom stereocenters. The Kier molecular flexibility index (Phi) is 5.71. The molecular weight excluding hydrogens is 300 g/mol. The fraction of sp³-hybridized carbons (Fsp3) is 0.500. The van der Waals surface area contributed by atoms with Crippen LogP contribution in [0.15, 0.2) is 24.3 Å². The summed E-state index contributed by atoms with van der Waals surface area (Å²) >= 11 is 1.59. The van der Waals surface area contributed by atoms with Gasteiger partial charge in [-0.2, -0.15) is 0 Å². The maximum Gasteiger partial charge on any atom is 0.236 e. The molecule has 0 aliphatic carbocycles. The molecule has 5 nitrogen and oxygen atoms in total. The molecule has 6 heteroatoms. The van der Waals surface area contributed by atoms with Crippen LogP contribution < -0.4 is 10.1 Å². The molecule has 1 N–H and O–H groups in total. The molecule has 1 aromatic carbocycles. The van der Waals surface area contributed by atoms with E-state index in [0.717, 1.165) is 11.3 Å². The Balaban J connectivity index is 2.17. The number of benzene rings is 1. The summed E-state index contributed by atoms with van der Waals surface area (Å²) in [6.45, 7) is 4.81. The van der Waals surface area contributed by atoms with Crippen molar-refractivity contribution in [3.8, 4) is 5.75 Å². The van der Waals surface area contributed by atoms with Crippen LogP contribution in [0.2, 0.25) is 0 Å². The third-order valence-electron chi connectivity index (χ3n) is 3.61. The van der Waals surface area contributed by atoms with Crippen molar-refractivity contribution in [1.29, 1.82) is 0 Å². The number of thioether (sulfide) groups is 1. The Morgan fingerprint density at radius 1 is 1.41 bits per heavy atom. The molecule has 1 fully saturated rings. The average molecular weight is 322 g/mol. The maximum absolute atomic E-state index is 12.4. The molecule has 1 heterocycles. The van der Waals surface area contributed by atoms with Gasteiger partial charge in [-0.1, -0.05) is 18.2 Å². The van der Waals surface area contributed by atoms with E-state index in [1.165, 1.54) is 0 Å². The summed E-state index contributed by atoms with van der Waals surface area (Å²) in [5, 5.41) is 2.55. The number of amides is 2. The number of carbonyl (C=O) groups is 2. The highest BCUT2D eigenvalue weighted by Crippen LogP contribution is 2.45. The predicted molar refractivity (Wildman–Crippen MR) is 87.8 cm³/mol. The Hall–Kier alpha value is -1.69. The van der Waals surface area contributed by atoms with E-state index in [0.29, 0.717) is 19.5 Å². The third kappa shape index (κ3) is 3.55. The van der Waals surface area contributed by atoms with Crippen molar-refractivity contribution in [2.24, 2.45) is 0 Å². The lowest BCUT2D eigenvalue weighted by molar-refractivity contribution is -0.130. The van der Waals surface area contributed by atoms with Gasteiger partial charge >= 0.3 is 0 Å². The SMILES string of the molecule is CCNC(=O)CCN1C(=O)[C@H](C)S[C@H]1c1ccccc1OC. The largest absolute Gasteiger partial charge is 0.496 e. The number of hydrogen-bond acceptors (Lipinski definition) is 4. The Morgan fingerprint density at radius 2 is 2.14 bits per heavy atom. The fourth-order valence-electron chi connectivity index (χ4n) is 2.52. The highest BCUT2D eigenvalue weighted by atomic mass is 32.2. The second-order valence-electron chi connectivity index (χ2n) is 5.11. The summed E-state index contributed by atoms with van der Waals surface area (Å²) in [5.41, 5.74) is 0.976. The number of rotatable bonds is 6. The van der Waals surface area contributed by atoms with E-state index in [2.05, 4.69) is 5.32 Å². The van der Waals surface area contributed by atoms with Gasteiger partial charge in [0.05, 0.1) is 12.4 Å². The van der Waals surface area contributed by atoms with Crippen molar-refractivity contribution in [2.45, 2.75) is 30.9 Å². The van der Waals surface area contributed by atoms with Gasteiger partial charge in [-0.05, 0) is 19.9 Å². The lowest BCUT2D eigenvalue weighted by Gasteiger charge is -2.25. The van der Waals surface area contributed by atoms with Crippen LogP contribution in [0.1, 0.15) is 31.2 Å². The smallest absolute Gasteiger partial charge is 0.236 e. The topological polar surface area (TPSA) is 58.6 Å². The Bertz CT molecular complexity index is 550. The Labute approximate surface area is 135 Å². The van der Waals surface area contributed by atoms with Crippen molar-refractivity contribution in [1.82, 2.24) is 10.2 Å². The third-order valence-corrected chi connectivity index (χ3v) is 4.98. The number of nitrogens with zero attached hydrogens (tertiary/aromatic N) is 1. The van der Waals surface area contributed by atoms with Crippen molar-refractivity contribution < 1.29 is 14.3 Å². The average Bonchev–Trinajstić information content (AvgIpc) is 2.80. The number of para-hydroxylation sites is 1. The van der Waals surface area contributed by atoms with Crippen LogP contribution in [0.25, 0.3) is 0 Å². The van der Waals surface area contributed by atoms with E-state index in [-0.39, 0.29) is 22.4 Å². The molecule has 1 saturated heterocycles. The molecule has 2 rings (SSSR count). The van der Waals surface area contributed by atoms with Crippen molar-refractivity contribution >= 4 is 23.6 Å². The normalized spacial score (nSPS) is 21.0. The maximum atomic E-state index is 12.4. The molecule has 1 aliphatic rings. The molecule has 0 spiro atoms. The molecule has 1 aromatic rings. The zero-order valence-corrected chi connectivity index (χ0v) is 14.0. The molecule has 0 aromatic heterocycles. The number of hydrogen-bond donors (Lipinski definition) is 1. The molecule has 2 amide bonds. The quantitative estimate of drug-likeness (QED) is 0.872. The first kappa shape index (κ1) is 16.7. The van der Waals surface area contributed by atoms with Crippen molar-refractivity contribution in [3.63, 3.8) is 0 Å². The molecule has 0 bridgehead atoms. The van der Waals surface area contributed by atoms with Crippen LogP contribution >= 0.6 is 11.8 Å². The first-order valence-electron chi connectivity index (χ1n) is 7.44. The first-order valence-corrected chi connectivity index (χ1v) is 8.38. The van der Waals surface area contributed by atoms with E-state index >= 15 is 0 Å². The lowest BCUT2D eigenvalue weighted by atomic mass is 10.1. The highest BCUT2D eigenvalue weighted by molar-refractivity contribution is 8.01. The Morgan fingerprint density at radius 3 is 2.82 bits per heavy atom. The van der Waals surface area contributed by atoms with Crippen molar-refractivity contribution in [3.05, 3.63) is 29.8 Å². The molecule has 22 heavy (non-hydrogen) atoms. The van der Waals surface area contributed by atoms with Gasteiger partial charge in [0.25, 0.3) is 0 Å². The molecule has 1 aliphatic heterocycles. The second-order valence-corrected chi connectivity index (χ2v) is 6.53. The standard InChI is InChI=1S/C16H22N2O3S/c1-4-17-14(19)9-10-18-15(20)11(2)22-16(18)12-7-5-6-8-13(12)21-3/h5-8,11,16H,4,9-10H2,1-3H3,(H,17,19)/t11-,16-/m0/s1. The van der Waals surface area contributed by atoms with Gasteiger partial charge in [-0.15, -0.1) is 11.8 Å².